The van der Waals surface area contributed by atoms with Crippen LogP contribution in [0, 0.1) is 19.8 Å². The van der Waals surface area contributed by atoms with Gasteiger partial charge in [-0.3, -0.25) is 4.79 Å². The van der Waals surface area contributed by atoms with Crippen LogP contribution in [0.5, 0.6) is 0 Å². The Morgan fingerprint density at radius 1 is 1.27 bits per heavy atom. The summed E-state index contributed by atoms with van der Waals surface area (Å²) in [5.41, 5.74) is 3.39. The highest BCUT2D eigenvalue weighted by Crippen LogP contribution is 2.20. The van der Waals surface area contributed by atoms with E-state index in [0.717, 1.165) is 28.4 Å². The molecule has 4 heteroatoms. The molecule has 118 valence electrons. The lowest BCUT2D eigenvalue weighted by Crippen LogP contribution is -2.25. The highest BCUT2D eigenvalue weighted by atomic mass is 32.1. The normalized spacial score (nSPS) is 11.0. The average molecular weight is 316 g/mol. The first-order valence-corrected chi connectivity index (χ1v) is 8.58. The summed E-state index contributed by atoms with van der Waals surface area (Å²) in [5, 5.41) is 4.07. The zero-order valence-corrected chi connectivity index (χ0v) is 14.6. The molecule has 1 heterocycles. The SMILES string of the molecule is Cc1ccccc1CCNC(=O)c1sc(CC(C)C)nc1C. The molecule has 0 saturated heterocycles. The molecular weight excluding hydrogens is 292 g/mol. The predicted octanol–water partition coefficient (Wildman–Crippen LogP) is 3.93. The van der Waals surface area contributed by atoms with Gasteiger partial charge >= 0.3 is 0 Å². The quantitative estimate of drug-likeness (QED) is 0.877. The average Bonchev–Trinajstić information content (AvgIpc) is 2.80. The van der Waals surface area contributed by atoms with Crippen molar-refractivity contribution in [2.75, 3.05) is 6.54 Å². The maximum absolute atomic E-state index is 12.3. The van der Waals surface area contributed by atoms with Gasteiger partial charge in [0.15, 0.2) is 0 Å². The van der Waals surface area contributed by atoms with Gasteiger partial charge in [-0.25, -0.2) is 4.98 Å². The predicted molar refractivity (Wildman–Crippen MR) is 92.6 cm³/mol. The Kier molecular flexibility index (Phi) is 5.72. The second kappa shape index (κ2) is 7.54. The second-order valence-electron chi connectivity index (χ2n) is 6.05. The smallest absolute Gasteiger partial charge is 0.263 e. The lowest BCUT2D eigenvalue weighted by molar-refractivity contribution is 0.0957. The van der Waals surface area contributed by atoms with Crippen molar-refractivity contribution >= 4 is 17.2 Å². The minimum absolute atomic E-state index is 0.00131. The highest BCUT2D eigenvalue weighted by Gasteiger charge is 2.15. The summed E-state index contributed by atoms with van der Waals surface area (Å²) in [6.45, 7) is 9.00. The second-order valence-corrected chi connectivity index (χ2v) is 7.14. The van der Waals surface area contributed by atoms with Crippen molar-refractivity contribution in [3.63, 3.8) is 0 Å². The van der Waals surface area contributed by atoms with E-state index in [1.54, 1.807) is 0 Å². The number of carbonyl (C=O) groups is 1. The van der Waals surface area contributed by atoms with E-state index in [2.05, 4.69) is 43.2 Å². The zero-order valence-electron chi connectivity index (χ0n) is 13.8. The largest absolute Gasteiger partial charge is 0.351 e. The van der Waals surface area contributed by atoms with Gasteiger partial charge in [0.1, 0.15) is 4.88 Å². The summed E-state index contributed by atoms with van der Waals surface area (Å²) in [5.74, 6) is 0.557. The van der Waals surface area contributed by atoms with Gasteiger partial charge in [-0.2, -0.15) is 0 Å². The van der Waals surface area contributed by atoms with Crippen molar-refractivity contribution in [3.05, 3.63) is 51.0 Å². The van der Waals surface area contributed by atoms with Crippen LogP contribution in [-0.2, 0) is 12.8 Å². The number of aromatic nitrogens is 1. The fourth-order valence-corrected chi connectivity index (χ4v) is 3.57. The summed E-state index contributed by atoms with van der Waals surface area (Å²) in [7, 11) is 0. The molecule has 0 fully saturated rings. The molecule has 1 aromatic carbocycles. The van der Waals surface area contributed by atoms with E-state index >= 15 is 0 Å². The van der Waals surface area contributed by atoms with Gasteiger partial charge in [0.25, 0.3) is 5.91 Å². The zero-order chi connectivity index (χ0) is 16.1. The van der Waals surface area contributed by atoms with Crippen LogP contribution in [-0.4, -0.2) is 17.4 Å². The van der Waals surface area contributed by atoms with E-state index in [-0.39, 0.29) is 5.91 Å². The lowest BCUT2D eigenvalue weighted by atomic mass is 10.1. The molecule has 0 spiro atoms. The van der Waals surface area contributed by atoms with Gasteiger partial charge in [-0.05, 0) is 37.3 Å². The third-order valence-corrected chi connectivity index (χ3v) is 4.75. The topological polar surface area (TPSA) is 42.0 Å². The molecule has 0 aliphatic heterocycles. The molecule has 0 unspecified atom stereocenters. The molecule has 0 atom stereocenters. The van der Waals surface area contributed by atoms with E-state index < -0.39 is 0 Å². The van der Waals surface area contributed by atoms with Crippen molar-refractivity contribution in [1.82, 2.24) is 10.3 Å². The highest BCUT2D eigenvalue weighted by molar-refractivity contribution is 7.13. The first-order chi connectivity index (χ1) is 10.5. The van der Waals surface area contributed by atoms with Gasteiger partial charge in [-0.15, -0.1) is 11.3 Å². The van der Waals surface area contributed by atoms with Crippen molar-refractivity contribution in [1.29, 1.82) is 0 Å². The molecular formula is C18H24N2OS. The standard InChI is InChI=1S/C18H24N2OS/c1-12(2)11-16-20-14(4)17(22-16)18(21)19-10-9-15-8-6-5-7-13(15)3/h5-8,12H,9-11H2,1-4H3,(H,19,21). The van der Waals surface area contributed by atoms with Crippen LogP contribution in [0.4, 0.5) is 0 Å². The fraction of sp³-hybridized carbons (Fsp3) is 0.444. The molecule has 2 rings (SSSR count). The van der Waals surface area contributed by atoms with E-state index in [0.29, 0.717) is 12.5 Å². The molecule has 0 aliphatic rings. The first kappa shape index (κ1) is 16.7. The number of thiazole rings is 1. The third-order valence-electron chi connectivity index (χ3n) is 3.57. The summed E-state index contributed by atoms with van der Waals surface area (Å²) >= 11 is 1.52. The van der Waals surface area contributed by atoms with Crippen molar-refractivity contribution in [2.45, 2.75) is 40.5 Å². The van der Waals surface area contributed by atoms with Gasteiger partial charge in [0.05, 0.1) is 10.7 Å². The van der Waals surface area contributed by atoms with Crippen LogP contribution < -0.4 is 5.32 Å². The Bertz CT molecular complexity index is 646. The summed E-state index contributed by atoms with van der Waals surface area (Å²) in [6.07, 6.45) is 1.79. The fourth-order valence-electron chi connectivity index (χ4n) is 2.38. The number of aryl methyl sites for hydroxylation is 2. The molecule has 2 aromatic rings. The number of hydrogen-bond donors (Lipinski definition) is 1. The Hall–Kier alpha value is -1.68. The van der Waals surface area contributed by atoms with Gasteiger partial charge in [0.2, 0.25) is 0 Å². The molecule has 0 aliphatic carbocycles. The van der Waals surface area contributed by atoms with Crippen LogP contribution in [0.2, 0.25) is 0 Å². The van der Waals surface area contributed by atoms with Crippen LogP contribution in [0.3, 0.4) is 0 Å². The number of benzene rings is 1. The van der Waals surface area contributed by atoms with Crippen LogP contribution >= 0.6 is 11.3 Å². The maximum atomic E-state index is 12.3. The van der Waals surface area contributed by atoms with Crippen molar-refractivity contribution in [3.8, 4) is 0 Å². The number of carbonyl (C=O) groups excluding carboxylic acids is 1. The van der Waals surface area contributed by atoms with E-state index in [1.165, 1.54) is 22.5 Å². The van der Waals surface area contributed by atoms with E-state index in [9.17, 15) is 4.79 Å². The number of nitrogens with one attached hydrogen (secondary N) is 1. The van der Waals surface area contributed by atoms with Gasteiger partial charge < -0.3 is 5.32 Å². The molecule has 0 saturated carbocycles. The molecule has 0 bridgehead atoms. The van der Waals surface area contributed by atoms with Crippen LogP contribution in [0.15, 0.2) is 24.3 Å². The van der Waals surface area contributed by atoms with Crippen molar-refractivity contribution in [2.24, 2.45) is 5.92 Å². The van der Waals surface area contributed by atoms with Crippen molar-refractivity contribution < 1.29 is 4.79 Å². The van der Waals surface area contributed by atoms with E-state index in [1.807, 2.05) is 19.1 Å². The van der Waals surface area contributed by atoms with E-state index in [4.69, 9.17) is 0 Å². The molecule has 1 aromatic heterocycles. The monoisotopic (exact) mass is 316 g/mol. The molecule has 22 heavy (non-hydrogen) atoms. The number of hydrogen-bond acceptors (Lipinski definition) is 3. The Balaban J connectivity index is 1.92. The van der Waals surface area contributed by atoms with Crippen LogP contribution in [0.1, 0.15) is 45.3 Å². The summed E-state index contributed by atoms with van der Waals surface area (Å²) in [4.78, 5) is 17.6. The molecule has 3 nitrogen and oxygen atoms in total. The van der Waals surface area contributed by atoms with Gasteiger partial charge in [-0.1, -0.05) is 38.1 Å². The summed E-state index contributed by atoms with van der Waals surface area (Å²) < 4.78 is 0. The molecule has 1 N–H and O–H groups in total. The number of amides is 1. The third kappa shape index (κ3) is 4.41. The maximum Gasteiger partial charge on any atom is 0.263 e. The first-order valence-electron chi connectivity index (χ1n) is 7.76. The molecule has 1 amide bonds. The minimum Gasteiger partial charge on any atom is -0.351 e. The minimum atomic E-state index is -0.00131. The summed E-state index contributed by atoms with van der Waals surface area (Å²) in [6, 6.07) is 8.28. The van der Waals surface area contributed by atoms with Gasteiger partial charge in [0, 0.05) is 13.0 Å². The molecule has 0 radical (unpaired) electrons. The Morgan fingerprint density at radius 2 is 2.00 bits per heavy atom. The lowest BCUT2D eigenvalue weighted by Gasteiger charge is -2.06. The van der Waals surface area contributed by atoms with Crippen LogP contribution in [0.25, 0.3) is 0 Å². The number of rotatable bonds is 6. The Labute approximate surface area is 136 Å². The number of nitrogens with zero attached hydrogens (tertiary/aromatic N) is 1. The Morgan fingerprint density at radius 3 is 2.68 bits per heavy atom.